The molecule has 4 nitrogen and oxygen atoms in total. The Hall–Kier alpha value is -0.490. The van der Waals surface area contributed by atoms with Gasteiger partial charge in [-0.05, 0) is 13.3 Å². The lowest BCUT2D eigenvalue weighted by Crippen LogP contribution is -2.29. The Morgan fingerprint density at radius 1 is 1.56 bits per heavy atom. The molecule has 1 N–H and O–H groups in total. The third-order valence-electron chi connectivity index (χ3n) is 2.60. The average molecular weight is 242 g/mol. The van der Waals surface area contributed by atoms with Crippen LogP contribution in [0.5, 0.6) is 0 Å². The Labute approximate surface area is 100.0 Å². The predicted molar refractivity (Wildman–Crippen MR) is 63.6 cm³/mol. The van der Waals surface area contributed by atoms with Crippen molar-refractivity contribution in [3.8, 4) is 0 Å². The first kappa shape index (κ1) is 12.0. The first-order valence-electron chi connectivity index (χ1n) is 5.70. The van der Waals surface area contributed by atoms with Gasteiger partial charge >= 0.3 is 0 Å². The number of ether oxygens (including phenoxy) is 2. The molecule has 1 atom stereocenters. The largest absolute Gasteiger partial charge is 0.349 e. The van der Waals surface area contributed by atoms with Crippen LogP contribution in [0.15, 0.2) is 5.38 Å². The van der Waals surface area contributed by atoms with E-state index in [2.05, 4.69) is 29.5 Å². The Kier molecular flexibility index (Phi) is 4.29. The van der Waals surface area contributed by atoms with Crippen molar-refractivity contribution in [2.75, 3.05) is 19.8 Å². The van der Waals surface area contributed by atoms with E-state index in [0.29, 0.717) is 13.2 Å². The van der Waals surface area contributed by atoms with Crippen LogP contribution in [0.1, 0.15) is 30.6 Å². The molecule has 0 saturated carbocycles. The molecule has 1 aliphatic rings. The molecule has 1 aromatic heterocycles. The van der Waals surface area contributed by atoms with Gasteiger partial charge in [0.2, 0.25) is 0 Å². The standard InChI is InChI=1S/C11H18N2O2S/c1-3-10-13-9(7-16-10)8(2)12-6-11-14-4-5-15-11/h7-8,11-12H,3-6H2,1-2H3/t8-/m1/s1. The van der Waals surface area contributed by atoms with Crippen LogP contribution in [0.4, 0.5) is 0 Å². The highest BCUT2D eigenvalue weighted by molar-refractivity contribution is 7.09. The minimum Gasteiger partial charge on any atom is -0.349 e. The highest BCUT2D eigenvalue weighted by Gasteiger charge is 2.17. The van der Waals surface area contributed by atoms with E-state index in [0.717, 1.165) is 18.7 Å². The Morgan fingerprint density at radius 2 is 2.31 bits per heavy atom. The van der Waals surface area contributed by atoms with E-state index in [-0.39, 0.29) is 12.3 Å². The van der Waals surface area contributed by atoms with Gasteiger partial charge in [-0.2, -0.15) is 0 Å². The van der Waals surface area contributed by atoms with E-state index in [1.54, 1.807) is 11.3 Å². The topological polar surface area (TPSA) is 43.4 Å². The summed E-state index contributed by atoms with van der Waals surface area (Å²) >= 11 is 1.72. The zero-order valence-corrected chi connectivity index (χ0v) is 10.5. The Morgan fingerprint density at radius 3 is 2.94 bits per heavy atom. The van der Waals surface area contributed by atoms with Gasteiger partial charge in [-0.25, -0.2) is 4.98 Å². The number of aryl methyl sites for hydroxylation is 1. The molecule has 16 heavy (non-hydrogen) atoms. The van der Waals surface area contributed by atoms with Gasteiger partial charge in [0.25, 0.3) is 0 Å². The van der Waals surface area contributed by atoms with Crippen LogP contribution >= 0.6 is 11.3 Å². The molecule has 1 saturated heterocycles. The van der Waals surface area contributed by atoms with Crippen molar-refractivity contribution in [1.29, 1.82) is 0 Å². The van der Waals surface area contributed by atoms with Gasteiger partial charge in [-0.3, -0.25) is 0 Å². The SMILES string of the molecule is CCc1nc([C@@H](C)NCC2OCCO2)cs1. The minimum atomic E-state index is -0.0910. The van der Waals surface area contributed by atoms with E-state index in [1.807, 2.05) is 0 Å². The number of rotatable bonds is 5. The number of aromatic nitrogens is 1. The van der Waals surface area contributed by atoms with Crippen molar-refractivity contribution in [1.82, 2.24) is 10.3 Å². The molecule has 1 aliphatic heterocycles. The molecule has 1 fully saturated rings. The summed E-state index contributed by atoms with van der Waals surface area (Å²) in [6.45, 7) is 6.37. The summed E-state index contributed by atoms with van der Waals surface area (Å²) in [6, 6.07) is 0.254. The van der Waals surface area contributed by atoms with Crippen molar-refractivity contribution in [2.45, 2.75) is 32.6 Å². The highest BCUT2D eigenvalue weighted by Crippen LogP contribution is 2.17. The van der Waals surface area contributed by atoms with Crippen LogP contribution in [0.25, 0.3) is 0 Å². The molecule has 90 valence electrons. The molecular formula is C11H18N2O2S. The van der Waals surface area contributed by atoms with Crippen molar-refractivity contribution in [3.05, 3.63) is 16.1 Å². The first-order chi connectivity index (χ1) is 7.79. The molecule has 5 heteroatoms. The molecule has 0 amide bonds. The summed E-state index contributed by atoms with van der Waals surface area (Å²) in [7, 11) is 0. The van der Waals surface area contributed by atoms with Crippen LogP contribution in [-0.4, -0.2) is 31.0 Å². The first-order valence-corrected chi connectivity index (χ1v) is 6.58. The lowest BCUT2D eigenvalue weighted by Gasteiger charge is -2.14. The summed E-state index contributed by atoms with van der Waals surface area (Å²) in [4.78, 5) is 4.55. The van der Waals surface area contributed by atoms with Crippen molar-refractivity contribution in [2.24, 2.45) is 0 Å². The fourth-order valence-corrected chi connectivity index (χ4v) is 2.43. The van der Waals surface area contributed by atoms with Gasteiger partial charge in [0, 0.05) is 18.0 Å². The minimum absolute atomic E-state index is 0.0910. The van der Waals surface area contributed by atoms with E-state index in [4.69, 9.17) is 9.47 Å². The molecule has 2 rings (SSSR count). The summed E-state index contributed by atoms with van der Waals surface area (Å²) < 4.78 is 10.7. The van der Waals surface area contributed by atoms with Crippen molar-refractivity contribution < 1.29 is 9.47 Å². The van der Waals surface area contributed by atoms with E-state index in [9.17, 15) is 0 Å². The lowest BCUT2D eigenvalue weighted by atomic mass is 10.2. The van der Waals surface area contributed by atoms with Crippen molar-refractivity contribution in [3.63, 3.8) is 0 Å². The molecule has 0 aromatic carbocycles. The maximum atomic E-state index is 5.36. The summed E-state index contributed by atoms with van der Waals surface area (Å²) in [5, 5.41) is 6.68. The lowest BCUT2D eigenvalue weighted by molar-refractivity contribution is -0.0404. The van der Waals surface area contributed by atoms with Crippen LogP contribution in [0, 0.1) is 0 Å². The Balaban J connectivity index is 1.80. The fraction of sp³-hybridized carbons (Fsp3) is 0.727. The van der Waals surface area contributed by atoms with E-state index < -0.39 is 0 Å². The van der Waals surface area contributed by atoms with Gasteiger partial charge in [-0.1, -0.05) is 6.92 Å². The number of nitrogens with one attached hydrogen (secondary N) is 1. The van der Waals surface area contributed by atoms with Gasteiger partial charge in [0.05, 0.1) is 23.9 Å². The van der Waals surface area contributed by atoms with Gasteiger partial charge in [0.15, 0.2) is 6.29 Å². The molecule has 0 bridgehead atoms. The summed E-state index contributed by atoms with van der Waals surface area (Å²) in [5.74, 6) is 0. The molecule has 2 heterocycles. The maximum absolute atomic E-state index is 5.36. The summed E-state index contributed by atoms with van der Waals surface area (Å²) in [6.07, 6.45) is 0.915. The number of thiazole rings is 1. The zero-order chi connectivity index (χ0) is 11.4. The maximum Gasteiger partial charge on any atom is 0.170 e. The molecule has 0 unspecified atom stereocenters. The van der Waals surface area contributed by atoms with Crippen molar-refractivity contribution >= 4 is 11.3 Å². The predicted octanol–water partition coefficient (Wildman–Crippen LogP) is 1.73. The zero-order valence-electron chi connectivity index (χ0n) is 9.73. The van der Waals surface area contributed by atoms with E-state index in [1.165, 1.54) is 5.01 Å². The number of hydrogen-bond acceptors (Lipinski definition) is 5. The molecule has 0 aliphatic carbocycles. The third-order valence-corrected chi connectivity index (χ3v) is 3.61. The normalized spacial score (nSPS) is 19.1. The molecular weight excluding hydrogens is 224 g/mol. The Bertz CT molecular complexity index is 324. The van der Waals surface area contributed by atoms with Gasteiger partial charge < -0.3 is 14.8 Å². The van der Waals surface area contributed by atoms with E-state index >= 15 is 0 Å². The fourth-order valence-electron chi connectivity index (χ4n) is 1.59. The third kappa shape index (κ3) is 3.01. The van der Waals surface area contributed by atoms with Gasteiger partial charge in [0.1, 0.15) is 0 Å². The summed E-state index contributed by atoms with van der Waals surface area (Å²) in [5.41, 5.74) is 1.11. The quantitative estimate of drug-likeness (QED) is 0.854. The van der Waals surface area contributed by atoms with Crippen LogP contribution in [-0.2, 0) is 15.9 Å². The van der Waals surface area contributed by atoms with Crippen LogP contribution < -0.4 is 5.32 Å². The number of nitrogens with zero attached hydrogens (tertiary/aromatic N) is 1. The second-order valence-electron chi connectivity index (χ2n) is 3.82. The second-order valence-corrected chi connectivity index (χ2v) is 4.76. The van der Waals surface area contributed by atoms with Crippen LogP contribution in [0.3, 0.4) is 0 Å². The smallest absolute Gasteiger partial charge is 0.170 e. The monoisotopic (exact) mass is 242 g/mol. The van der Waals surface area contributed by atoms with Crippen LogP contribution in [0.2, 0.25) is 0 Å². The number of hydrogen-bond donors (Lipinski definition) is 1. The average Bonchev–Trinajstić information content (AvgIpc) is 2.96. The molecule has 0 radical (unpaired) electrons. The highest BCUT2D eigenvalue weighted by atomic mass is 32.1. The molecule has 1 aromatic rings. The molecule has 0 spiro atoms. The van der Waals surface area contributed by atoms with Gasteiger partial charge in [-0.15, -0.1) is 11.3 Å². The second kappa shape index (κ2) is 5.72.